The fraction of sp³-hybridized carbons (Fsp3) is 0.455. The fourth-order valence-electron chi connectivity index (χ4n) is 1.46. The van der Waals surface area contributed by atoms with Gasteiger partial charge in [-0.25, -0.2) is 4.79 Å². The number of aryl methyl sites for hydroxylation is 2. The third kappa shape index (κ3) is 3.69. The van der Waals surface area contributed by atoms with Crippen LogP contribution in [0.15, 0.2) is 6.07 Å². The topological polar surface area (TPSA) is 55.4 Å². The largest absolute Gasteiger partial charge is 0.467 e. The molecule has 0 aliphatic carbocycles. The van der Waals surface area contributed by atoms with E-state index >= 15 is 0 Å². The maximum absolute atomic E-state index is 12.6. The molecular formula is C11H12F3NO3S. The van der Waals surface area contributed by atoms with Gasteiger partial charge < -0.3 is 10.1 Å². The third-order valence-electron chi connectivity index (χ3n) is 2.29. The van der Waals surface area contributed by atoms with Crippen molar-refractivity contribution in [2.45, 2.75) is 26.1 Å². The van der Waals surface area contributed by atoms with E-state index in [1.807, 2.05) is 0 Å². The summed E-state index contributed by atoms with van der Waals surface area (Å²) in [6.45, 7) is 3.34. The van der Waals surface area contributed by atoms with E-state index in [2.05, 4.69) is 4.74 Å². The van der Waals surface area contributed by atoms with Gasteiger partial charge in [0.15, 0.2) is 0 Å². The second-order valence-electron chi connectivity index (χ2n) is 3.84. The van der Waals surface area contributed by atoms with Crippen LogP contribution in [0.3, 0.4) is 0 Å². The molecule has 0 aliphatic rings. The first-order chi connectivity index (χ1) is 8.66. The average molecular weight is 295 g/mol. The Kier molecular flexibility index (Phi) is 4.56. The van der Waals surface area contributed by atoms with Crippen LogP contribution in [0.5, 0.6) is 0 Å². The summed E-state index contributed by atoms with van der Waals surface area (Å²) in [5.74, 6) is -2.49. The maximum Gasteiger partial charge on any atom is 0.419 e. The van der Waals surface area contributed by atoms with Crippen molar-refractivity contribution < 1.29 is 27.5 Å². The van der Waals surface area contributed by atoms with Crippen LogP contribution in [0.1, 0.15) is 20.1 Å². The Morgan fingerprint density at radius 2 is 1.95 bits per heavy atom. The molecule has 0 bridgehead atoms. The Balaban J connectivity index is 2.95. The zero-order valence-electron chi connectivity index (χ0n) is 10.4. The molecule has 0 saturated heterocycles. The minimum absolute atomic E-state index is 0.149. The molecule has 0 aliphatic heterocycles. The van der Waals surface area contributed by atoms with Crippen LogP contribution in [0.4, 0.5) is 13.2 Å². The van der Waals surface area contributed by atoms with Crippen LogP contribution in [0, 0.1) is 13.8 Å². The number of thiophene rings is 1. The third-order valence-corrected chi connectivity index (χ3v) is 3.44. The molecule has 0 spiro atoms. The molecule has 4 nitrogen and oxygen atoms in total. The van der Waals surface area contributed by atoms with Gasteiger partial charge in [-0.05, 0) is 25.5 Å². The molecule has 1 heterocycles. The summed E-state index contributed by atoms with van der Waals surface area (Å²) in [5.41, 5.74) is 0.561. The van der Waals surface area contributed by atoms with E-state index in [4.69, 9.17) is 0 Å². The number of halogens is 3. The second-order valence-corrected chi connectivity index (χ2v) is 5.10. The van der Waals surface area contributed by atoms with Crippen molar-refractivity contribution in [3.63, 3.8) is 0 Å². The van der Waals surface area contributed by atoms with Crippen molar-refractivity contribution in [2.75, 3.05) is 7.11 Å². The van der Waals surface area contributed by atoms with E-state index in [0.29, 0.717) is 5.56 Å². The molecule has 0 saturated carbocycles. The first-order valence-electron chi connectivity index (χ1n) is 5.19. The summed E-state index contributed by atoms with van der Waals surface area (Å²) in [7, 11) is 0.827. The summed E-state index contributed by atoms with van der Waals surface area (Å²) >= 11 is 1.06. The van der Waals surface area contributed by atoms with E-state index in [0.717, 1.165) is 23.3 Å². The number of hydrogen-bond acceptors (Lipinski definition) is 4. The average Bonchev–Trinajstić information content (AvgIpc) is 2.62. The summed E-state index contributed by atoms with van der Waals surface area (Å²) in [4.78, 5) is 23.8. The predicted molar refractivity (Wildman–Crippen MR) is 63.1 cm³/mol. The molecule has 1 atom stereocenters. The Hall–Kier alpha value is -1.57. The van der Waals surface area contributed by atoms with Crippen LogP contribution in [0.25, 0.3) is 0 Å². The summed E-state index contributed by atoms with van der Waals surface area (Å²) in [6.07, 6.45) is -4.90. The van der Waals surface area contributed by atoms with E-state index in [1.54, 1.807) is 25.2 Å². The molecule has 1 unspecified atom stereocenters. The lowest BCUT2D eigenvalue weighted by atomic mass is 10.2. The molecule has 1 aromatic heterocycles. The minimum atomic E-state index is -4.90. The predicted octanol–water partition coefficient (Wildman–Crippen LogP) is 2.20. The van der Waals surface area contributed by atoms with E-state index in [1.165, 1.54) is 0 Å². The number of esters is 1. The number of nitrogens with one attached hydrogen (secondary N) is 1. The Bertz CT molecular complexity index is 496. The lowest BCUT2D eigenvalue weighted by Gasteiger charge is -2.18. The number of amides is 1. The molecular weight excluding hydrogens is 283 g/mol. The molecule has 0 radical (unpaired) electrons. The zero-order valence-corrected chi connectivity index (χ0v) is 11.2. The van der Waals surface area contributed by atoms with Crippen molar-refractivity contribution >= 4 is 23.2 Å². The second kappa shape index (κ2) is 5.60. The number of carbonyl (C=O) groups excluding carboxylic acids is 2. The van der Waals surface area contributed by atoms with Crippen molar-refractivity contribution in [3.8, 4) is 0 Å². The Morgan fingerprint density at radius 1 is 1.37 bits per heavy atom. The molecule has 1 amide bonds. The lowest BCUT2D eigenvalue weighted by molar-refractivity contribution is -0.180. The SMILES string of the molecule is COC(=O)C(NC(=O)c1sc(C)cc1C)C(F)(F)F. The van der Waals surface area contributed by atoms with E-state index < -0.39 is 24.1 Å². The molecule has 1 aromatic rings. The van der Waals surface area contributed by atoms with Crippen LogP contribution in [-0.4, -0.2) is 31.2 Å². The molecule has 0 fully saturated rings. The Morgan fingerprint density at radius 3 is 2.32 bits per heavy atom. The summed E-state index contributed by atoms with van der Waals surface area (Å²) in [5, 5.41) is 1.65. The number of alkyl halides is 3. The molecule has 8 heteroatoms. The molecule has 1 rings (SSSR count). The van der Waals surface area contributed by atoms with Gasteiger partial charge in [0.25, 0.3) is 5.91 Å². The van der Waals surface area contributed by atoms with Gasteiger partial charge in [0.2, 0.25) is 6.04 Å². The van der Waals surface area contributed by atoms with Crippen molar-refractivity contribution in [1.82, 2.24) is 5.32 Å². The smallest absolute Gasteiger partial charge is 0.419 e. The minimum Gasteiger partial charge on any atom is -0.467 e. The highest BCUT2D eigenvalue weighted by molar-refractivity contribution is 7.14. The quantitative estimate of drug-likeness (QED) is 0.870. The standard InChI is InChI=1S/C11H12F3NO3S/c1-5-4-6(2)19-7(5)9(16)15-8(10(17)18-3)11(12,13)14/h4,8H,1-3H3,(H,15,16). The van der Waals surface area contributed by atoms with Gasteiger partial charge in [-0.15, -0.1) is 11.3 Å². The lowest BCUT2D eigenvalue weighted by Crippen LogP contribution is -2.51. The van der Waals surface area contributed by atoms with Crippen LogP contribution in [-0.2, 0) is 9.53 Å². The number of carbonyl (C=O) groups is 2. The summed E-state index contributed by atoms with van der Waals surface area (Å²) in [6, 6.07) is -0.979. The number of rotatable bonds is 3. The number of methoxy groups -OCH3 is 1. The van der Waals surface area contributed by atoms with Gasteiger partial charge in [0.05, 0.1) is 12.0 Å². The van der Waals surface area contributed by atoms with Crippen molar-refractivity contribution in [2.24, 2.45) is 0 Å². The van der Waals surface area contributed by atoms with Gasteiger partial charge in [-0.1, -0.05) is 0 Å². The Labute approximate surface area is 111 Å². The van der Waals surface area contributed by atoms with Crippen LogP contribution >= 0.6 is 11.3 Å². The van der Waals surface area contributed by atoms with E-state index in [-0.39, 0.29) is 4.88 Å². The zero-order chi connectivity index (χ0) is 14.8. The van der Waals surface area contributed by atoms with Crippen LogP contribution in [0.2, 0.25) is 0 Å². The van der Waals surface area contributed by atoms with Gasteiger partial charge in [0.1, 0.15) is 0 Å². The highest BCUT2D eigenvalue weighted by Crippen LogP contribution is 2.24. The maximum atomic E-state index is 12.6. The van der Waals surface area contributed by atoms with Gasteiger partial charge >= 0.3 is 12.1 Å². The van der Waals surface area contributed by atoms with E-state index in [9.17, 15) is 22.8 Å². The van der Waals surface area contributed by atoms with Crippen molar-refractivity contribution in [3.05, 3.63) is 21.4 Å². The first-order valence-corrected chi connectivity index (χ1v) is 6.01. The molecule has 106 valence electrons. The normalized spacial score (nSPS) is 12.9. The van der Waals surface area contributed by atoms with Crippen molar-refractivity contribution in [1.29, 1.82) is 0 Å². The van der Waals surface area contributed by atoms with Crippen LogP contribution < -0.4 is 5.32 Å². The van der Waals surface area contributed by atoms with Gasteiger partial charge in [-0.2, -0.15) is 13.2 Å². The molecule has 19 heavy (non-hydrogen) atoms. The highest BCUT2D eigenvalue weighted by Gasteiger charge is 2.47. The van der Waals surface area contributed by atoms with Gasteiger partial charge in [-0.3, -0.25) is 4.79 Å². The fourth-order valence-corrected chi connectivity index (χ4v) is 2.38. The molecule has 1 N–H and O–H groups in total. The first kappa shape index (κ1) is 15.5. The van der Waals surface area contributed by atoms with Gasteiger partial charge in [0, 0.05) is 4.88 Å². The monoisotopic (exact) mass is 295 g/mol. The molecule has 0 aromatic carbocycles. The number of ether oxygens (including phenoxy) is 1. The highest BCUT2D eigenvalue weighted by atomic mass is 32.1. The number of hydrogen-bond donors (Lipinski definition) is 1. The summed E-state index contributed by atoms with van der Waals surface area (Å²) < 4.78 is 41.9.